The molecule has 4 nitrogen and oxygen atoms in total. The van der Waals surface area contributed by atoms with Gasteiger partial charge in [-0.1, -0.05) is 18.2 Å². The number of rotatable bonds is 3. The van der Waals surface area contributed by atoms with Gasteiger partial charge in [-0.05, 0) is 29.7 Å². The SMILES string of the molecule is O=C1CCc2cc(/C=C/CN3CCNCC3)ccc2N1. The summed E-state index contributed by atoms with van der Waals surface area (Å²) in [6.45, 7) is 5.44. The molecule has 2 aliphatic rings. The maximum atomic E-state index is 11.3. The number of piperazine rings is 1. The summed E-state index contributed by atoms with van der Waals surface area (Å²) in [5.74, 6) is 0.125. The van der Waals surface area contributed by atoms with Gasteiger partial charge in [-0.15, -0.1) is 0 Å². The van der Waals surface area contributed by atoms with Crippen LogP contribution in [-0.4, -0.2) is 43.5 Å². The van der Waals surface area contributed by atoms with Gasteiger partial charge in [0, 0.05) is 44.8 Å². The molecule has 1 amide bonds. The van der Waals surface area contributed by atoms with E-state index >= 15 is 0 Å². The Hall–Kier alpha value is -1.65. The number of amides is 1. The van der Waals surface area contributed by atoms with E-state index < -0.39 is 0 Å². The lowest BCUT2D eigenvalue weighted by Gasteiger charge is -2.25. The van der Waals surface area contributed by atoms with Gasteiger partial charge in [-0.25, -0.2) is 0 Å². The van der Waals surface area contributed by atoms with Gasteiger partial charge < -0.3 is 10.6 Å². The summed E-state index contributed by atoms with van der Waals surface area (Å²) < 4.78 is 0. The lowest BCUT2D eigenvalue weighted by atomic mass is 10.0. The number of carbonyl (C=O) groups is 1. The van der Waals surface area contributed by atoms with E-state index in [9.17, 15) is 4.79 Å². The fourth-order valence-corrected chi connectivity index (χ4v) is 2.74. The lowest BCUT2D eigenvalue weighted by molar-refractivity contribution is -0.116. The van der Waals surface area contributed by atoms with Crippen LogP contribution in [0.3, 0.4) is 0 Å². The fraction of sp³-hybridized carbons (Fsp3) is 0.438. The average molecular weight is 271 g/mol. The van der Waals surface area contributed by atoms with Crippen LogP contribution in [0.25, 0.3) is 6.08 Å². The highest BCUT2D eigenvalue weighted by atomic mass is 16.1. The van der Waals surface area contributed by atoms with Crippen LogP contribution >= 0.6 is 0 Å². The standard InChI is InChI=1S/C16H21N3O/c20-16-6-4-14-12-13(3-5-15(14)18-16)2-1-9-19-10-7-17-8-11-19/h1-3,5,12,17H,4,6-11H2,(H,18,20)/b2-1+. The summed E-state index contributed by atoms with van der Waals surface area (Å²) in [4.78, 5) is 13.8. The smallest absolute Gasteiger partial charge is 0.224 e. The van der Waals surface area contributed by atoms with Gasteiger partial charge >= 0.3 is 0 Å². The van der Waals surface area contributed by atoms with E-state index in [0.717, 1.165) is 44.8 Å². The largest absolute Gasteiger partial charge is 0.326 e. The first-order valence-corrected chi connectivity index (χ1v) is 7.34. The molecule has 0 aromatic heterocycles. The van der Waals surface area contributed by atoms with Gasteiger partial charge in [0.1, 0.15) is 0 Å². The Morgan fingerprint density at radius 3 is 2.90 bits per heavy atom. The second-order valence-corrected chi connectivity index (χ2v) is 5.42. The highest BCUT2D eigenvalue weighted by molar-refractivity contribution is 5.94. The Balaban J connectivity index is 1.61. The van der Waals surface area contributed by atoms with Crippen LogP contribution in [0.4, 0.5) is 5.69 Å². The maximum Gasteiger partial charge on any atom is 0.224 e. The summed E-state index contributed by atoms with van der Waals surface area (Å²) in [5.41, 5.74) is 3.43. The van der Waals surface area contributed by atoms with Crippen molar-refractivity contribution >= 4 is 17.7 Å². The molecule has 0 unspecified atom stereocenters. The van der Waals surface area contributed by atoms with Crippen LogP contribution in [0, 0.1) is 0 Å². The molecular formula is C16H21N3O. The molecule has 1 aromatic carbocycles. The van der Waals surface area contributed by atoms with Crippen molar-refractivity contribution < 1.29 is 4.79 Å². The molecule has 4 heteroatoms. The fourth-order valence-electron chi connectivity index (χ4n) is 2.74. The minimum Gasteiger partial charge on any atom is -0.326 e. The maximum absolute atomic E-state index is 11.3. The zero-order valence-electron chi connectivity index (χ0n) is 11.7. The first-order valence-electron chi connectivity index (χ1n) is 7.34. The van der Waals surface area contributed by atoms with E-state index in [0.29, 0.717) is 6.42 Å². The molecule has 2 N–H and O–H groups in total. The summed E-state index contributed by atoms with van der Waals surface area (Å²) in [6, 6.07) is 6.26. The molecule has 0 saturated carbocycles. The Bertz CT molecular complexity index is 518. The van der Waals surface area contributed by atoms with Gasteiger partial charge in [0.15, 0.2) is 0 Å². The number of nitrogens with one attached hydrogen (secondary N) is 2. The van der Waals surface area contributed by atoms with Crippen molar-refractivity contribution in [2.45, 2.75) is 12.8 Å². The number of hydrogen-bond donors (Lipinski definition) is 2. The molecule has 1 saturated heterocycles. The van der Waals surface area contributed by atoms with Crippen molar-refractivity contribution in [1.29, 1.82) is 0 Å². The number of hydrogen-bond acceptors (Lipinski definition) is 3. The van der Waals surface area contributed by atoms with Crippen molar-refractivity contribution in [3.05, 3.63) is 35.4 Å². The van der Waals surface area contributed by atoms with Crippen LogP contribution in [0.15, 0.2) is 24.3 Å². The minimum atomic E-state index is 0.125. The molecule has 0 aliphatic carbocycles. The van der Waals surface area contributed by atoms with E-state index in [1.165, 1.54) is 11.1 Å². The first kappa shape index (κ1) is 13.3. The van der Waals surface area contributed by atoms with Crippen molar-refractivity contribution in [1.82, 2.24) is 10.2 Å². The molecular weight excluding hydrogens is 250 g/mol. The summed E-state index contributed by atoms with van der Waals surface area (Å²) in [7, 11) is 0. The number of nitrogens with zero attached hydrogens (tertiary/aromatic N) is 1. The van der Waals surface area contributed by atoms with E-state index in [4.69, 9.17) is 0 Å². The lowest BCUT2D eigenvalue weighted by Crippen LogP contribution is -2.43. The highest BCUT2D eigenvalue weighted by Crippen LogP contribution is 2.23. The minimum absolute atomic E-state index is 0.125. The van der Waals surface area contributed by atoms with Crippen molar-refractivity contribution in [3.63, 3.8) is 0 Å². The number of fused-ring (bicyclic) bond motifs is 1. The molecule has 106 valence electrons. The second kappa shape index (κ2) is 6.20. The van der Waals surface area contributed by atoms with E-state index in [2.05, 4.69) is 39.8 Å². The molecule has 1 aromatic rings. The highest BCUT2D eigenvalue weighted by Gasteiger charge is 2.14. The van der Waals surface area contributed by atoms with Crippen LogP contribution in [0.1, 0.15) is 17.5 Å². The van der Waals surface area contributed by atoms with Crippen LogP contribution in [0.2, 0.25) is 0 Å². The van der Waals surface area contributed by atoms with Crippen molar-refractivity contribution in [3.8, 4) is 0 Å². The predicted octanol–water partition coefficient (Wildman–Crippen LogP) is 1.49. The number of aryl methyl sites for hydroxylation is 1. The Kier molecular flexibility index (Phi) is 4.14. The van der Waals surface area contributed by atoms with E-state index in [1.54, 1.807) is 0 Å². The molecule has 2 heterocycles. The molecule has 2 aliphatic heterocycles. The quantitative estimate of drug-likeness (QED) is 0.875. The molecule has 20 heavy (non-hydrogen) atoms. The zero-order valence-corrected chi connectivity index (χ0v) is 11.7. The van der Waals surface area contributed by atoms with Crippen LogP contribution in [0.5, 0.6) is 0 Å². The molecule has 0 bridgehead atoms. The van der Waals surface area contributed by atoms with E-state index in [1.807, 2.05) is 6.07 Å². The molecule has 3 rings (SSSR count). The molecule has 1 fully saturated rings. The van der Waals surface area contributed by atoms with Gasteiger partial charge in [0.05, 0.1) is 0 Å². The Morgan fingerprint density at radius 2 is 2.05 bits per heavy atom. The Morgan fingerprint density at radius 1 is 1.20 bits per heavy atom. The first-order chi connectivity index (χ1) is 9.81. The predicted molar refractivity (Wildman–Crippen MR) is 81.7 cm³/mol. The number of carbonyl (C=O) groups excluding carboxylic acids is 1. The van der Waals surface area contributed by atoms with Gasteiger partial charge in [0.25, 0.3) is 0 Å². The Labute approximate surface area is 119 Å². The van der Waals surface area contributed by atoms with Gasteiger partial charge in [-0.3, -0.25) is 9.69 Å². The average Bonchev–Trinajstić information content (AvgIpc) is 2.48. The van der Waals surface area contributed by atoms with Crippen LogP contribution < -0.4 is 10.6 Å². The van der Waals surface area contributed by atoms with E-state index in [-0.39, 0.29) is 5.91 Å². The van der Waals surface area contributed by atoms with Gasteiger partial charge in [0.2, 0.25) is 5.91 Å². The van der Waals surface area contributed by atoms with Crippen molar-refractivity contribution in [2.24, 2.45) is 0 Å². The second-order valence-electron chi connectivity index (χ2n) is 5.42. The molecule has 0 radical (unpaired) electrons. The summed E-state index contributed by atoms with van der Waals surface area (Å²) >= 11 is 0. The number of benzene rings is 1. The van der Waals surface area contributed by atoms with Crippen LogP contribution in [-0.2, 0) is 11.2 Å². The van der Waals surface area contributed by atoms with Crippen molar-refractivity contribution in [2.75, 3.05) is 38.0 Å². The summed E-state index contributed by atoms with van der Waals surface area (Å²) in [6.07, 6.45) is 5.86. The third-order valence-corrected chi connectivity index (χ3v) is 3.91. The molecule has 0 atom stereocenters. The normalized spacial score (nSPS) is 19.9. The third-order valence-electron chi connectivity index (χ3n) is 3.91. The van der Waals surface area contributed by atoms with Gasteiger partial charge in [-0.2, -0.15) is 0 Å². The molecule has 0 spiro atoms. The summed E-state index contributed by atoms with van der Waals surface area (Å²) in [5, 5.41) is 6.28. The number of anilines is 1. The topological polar surface area (TPSA) is 44.4 Å². The monoisotopic (exact) mass is 271 g/mol. The third kappa shape index (κ3) is 3.26. The zero-order chi connectivity index (χ0) is 13.8.